The zero-order chi connectivity index (χ0) is 28.1. The van der Waals surface area contributed by atoms with Crippen molar-refractivity contribution in [3.63, 3.8) is 0 Å². The van der Waals surface area contributed by atoms with Crippen LogP contribution in [0.25, 0.3) is 6.08 Å². The van der Waals surface area contributed by atoms with E-state index in [1.165, 1.54) is 22.4 Å². The second-order valence-corrected chi connectivity index (χ2v) is 10.5. The summed E-state index contributed by atoms with van der Waals surface area (Å²) in [6.07, 6.45) is 1.58. The lowest BCUT2D eigenvalue weighted by Gasteiger charge is -2.24. The lowest BCUT2D eigenvalue weighted by molar-refractivity contribution is -0.387. The summed E-state index contributed by atoms with van der Waals surface area (Å²) >= 11 is 2.32. The minimum atomic E-state index is -0.773. The first-order chi connectivity index (χ1) is 18.8. The van der Waals surface area contributed by atoms with Crippen molar-refractivity contribution in [3.8, 4) is 5.75 Å². The van der Waals surface area contributed by atoms with Gasteiger partial charge in [0.15, 0.2) is 4.80 Å². The van der Waals surface area contributed by atoms with Crippen molar-refractivity contribution >= 4 is 40.8 Å². The van der Waals surface area contributed by atoms with E-state index in [0.717, 1.165) is 11.3 Å². The fourth-order valence-electron chi connectivity index (χ4n) is 4.22. The largest absolute Gasteiger partial charge is 0.494 e. The highest BCUT2D eigenvalue weighted by molar-refractivity contribution is 7.99. The van der Waals surface area contributed by atoms with Gasteiger partial charge in [-0.1, -0.05) is 29.5 Å². The molecule has 0 radical (unpaired) electrons. The number of rotatable bonds is 10. The van der Waals surface area contributed by atoms with Crippen molar-refractivity contribution in [2.75, 3.05) is 25.6 Å². The molecule has 0 amide bonds. The average molecular weight is 570 g/mol. The van der Waals surface area contributed by atoms with Gasteiger partial charge in [-0.25, -0.2) is 9.79 Å². The molecule has 39 heavy (non-hydrogen) atoms. The molecule has 2 heterocycles. The molecule has 0 bridgehead atoms. The minimum Gasteiger partial charge on any atom is -0.494 e. The Balaban J connectivity index is 1.87. The standard InChI is InChI=1S/C27H27N3O7S2/c1-4-36-19-9-7-18(8-10-19)24-23(26(33)37-5-2)16(3)28-27-29(24)25(32)22(39-27)15-17-6-11-21(38-13-12-31)20(14-17)30(34)35/h6-11,14-15,24,31H,4-5,12-13H2,1-3H3/b22-15+. The number of nitro benzene ring substituents is 1. The van der Waals surface area contributed by atoms with E-state index in [1.807, 2.05) is 6.92 Å². The number of aliphatic hydroxyl groups excluding tert-OH is 1. The first-order valence-corrected chi connectivity index (χ1v) is 14.0. The highest BCUT2D eigenvalue weighted by Crippen LogP contribution is 2.32. The maximum absolute atomic E-state index is 13.7. The van der Waals surface area contributed by atoms with Crippen molar-refractivity contribution < 1.29 is 24.3 Å². The summed E-state index contributed by atoms with van der Waals surface area (Å²) in [5.41, 5.74) is 1.38. The molecule has 0 saturated heterocycles. The predicted molar refractivity (Wildman–Crippen MR) is 149 cm³/mol. The summed E-state index contributed by atoms with van der Waals surface area (Å²) in [6, 6.07) is 11.1. The van der Waals surface area contributed by atoms with Crippen LogP contribution in [0.5, 0.6) is 5.75 Å². The molecule has 1 aromatic heterocycles. The maximum atomic E-state index is 13.7. The van der Waals surface area contributed by atoms with Gasteiger partial charge in [-0.05, 0) is 56.2 Å². The first-order valence-electron chi connectivity index (χ1n) is 12.2. The molecule has 1 aliphatic heterocycles. The summed E-state index contributed by atoms with van der Waals surface area (Å²) < 4.78 is 12.6. The molecule has 1 unspecified atom stereocenters. The number of carbonyl (C=O) groups excluding carboxylic acids is 1. The van der Waals surface area contributed by atoms with E-state index in [2.05, 4.69) is 4.99 Å². The van der Waals surface area contributed by atoms with E-state index in [9.17, 15) is 19.7 Å². The summed E-state index contributed by atoms with van der Waals surface area (Å²) in [5, 5.41) is 20.7. The number of benzene rings is 2. The van der Waals surface area contributed by atoms with Crippen LogP contribution in [-0.2, 0) is 9.53 Å². The van der Waals surface area contributed by atoms with Crippen LogP contribution in [0, 0.1) is 10.1 Å². The Bertz CT molecular complexity index is 1610. The zero-order valence-corrected chi connectivity index (χ0v) is 23.2. The van der Waals surface area contributed by atoms with Crippen LogP contribution in [0.3, 0.4) is 0 Å². The third-order valence-electron chi connectivity index (χ3n) is 5.85. The molecule has 0 aliphatic carbocycles. The Hall–Kier alpha value is -3.74. The van der Waals surface area contributed by atoms with Gasteiger partial charge in [0.05, 0.1) is 51.5 Å². The summed E-state index contributed by atoms with van der Waals surface area (Å²) in [5.74, 6) is 0.430. The lowest BCUT2D eigenvalue weighted by Crippen LogP contribution is -2.39. The smallest absolute Gasteiger partial charge is 0.338 e. The number of allylic oxidation sites excluding steroid dienone is 1. The summed E-state index contributed by atoms with van der Waals surface area (Å²) in [7, 11) is 0. The van der Waals surface area contributed by atoms with Gasteiger partial charge in [-0.3, -0.25) is 19.5 Å². The van der Waals surface area contributed by atoms with Crippen molar-refractivity contribution in [2.24, 2.45) is 4.99 Å². The first kappa shape index (κ1) is 28.3. The van der Waals surface area contributed by atoms with Crippen LogP contribution >= 0.6 is 23.1 Å². The topological polar surface area (TPSA) is 133 Å². The molecular weight excluding hydrogens is 542 g/mol. The molecule has 12 heteroatoms. The van der Waals surface area contributed by atoms with Gasteiger partial charge < -0.3 is 14.6 Å². The Morgan fingerprint density at radius 1 is 1.23 bits per heavy atom. The molecule has 4 rings (SSSR count). The number of thiazole rings is 1. The molecule has 204 valence electrons. The molecule has 3 aromatic rings. The number of nitrogens with zero attached hydrogens (tertiary/aromatic N) is 3. The van der Waals surface area contributed by atoms with E-state index in [1.54, 1.807) is 56.3 Å². The van der Waals surface area contributed by atoms with Crippen LogP contribution < -0.4 is 19.6 Å². The van der Waals surface area contributed by atoms with Crippen LogP contribution in [0.2, 0.25) is 0 Å². The highest BCUT2D eigenvalue weighted by atomic mass is 32.2. The van der Waals surface area contributed by atoms with Crippen molar-refractivity contribution in [3.05, 3.63) is 94.7 Å². The molecule has 0 saturated carbocycles. The number of fused-ring (bicyclic) bond motifs is 1. The number of hydrogen-bond acceptors (Lipinski definition) is 10. The number of aromatic nitrogens is 1. The fraction of sp³-hybridized carbons (Fsp3) is 0.296. The maximum Gasteiger partial charge on any atom is 0.338 e. The van der Waals surface area contributed by atoms with Crippen molar-refractivity contribution in [2.45, 2.75) is 31.7 Å². The second-order valence-electron chi connectivity index (χ2n) is 8.36. The van der Waals surface area contributed by atoms with E-state index in [4.69, 9.17) is 14.6 Å². The van der Waals surface area contributed by atoms with Crippen LogP contribution in [0.15, 0.2) is 68.4 Å². The Morgan fingerprint density at radius 3 is 2.62 bits per heavy atom. The highest BCUT2D eigenvalue weighted by Gasteiger charge is 2.33. The predicted octanol–water partition coefficient (Wildman–Crippen LogP) is 3.19. The van der Waals surface area contributed by atoms with Crippen LogP contribution in [-0.4, -0.2) is 46.1 Å². The van der Waals surface area contributed by atoms with Crippen LogP contribution in [0.4, 0.5) is 5.69 Å². The van der Waals surface area contributed by atoms with Gasteiger partial charge in [0.25, 0.3) is 11.2 Å². The summed E-state index contributed by atoms with van der Waals surface area (Å²) in [4.78, 5) is 43.3. The number of hydrogen-bond donors (Lipinski definition) is 1. The normalized spacial score (nSPS) is 15.1. The van der Waals surface area contributed by atoms with Crippen molar-refractivity contribution in [1.82, 2.24) is 4.57 Å². The van der Waals surface area contributed by atoms with Gasteiger partial charge in [-0.15, -0.1) is 11.8 Å². The molecule has 0 fully saturated rings. The van der Waals surface area contributed by atoms with Gasteiger partial charge >= 0.3 is 5.97 Å². The molecule has 2 aromatic carbocycles. The van der Waals surface area contributed by atoms with Gasteiger partial charge in [0, 0.05) is 11.8 Å². The number of ether oxygens (including phenoxy) is 2. The van der Waals surface area contributed by atoms with E-state index < -0.39 is 16.9 Å². The zero-order valence-electron chi connectivity index (χ0n) is 21.6. The number of thioether (sulfide) groups is 1. The Morgan fingerprint density at radius 2 is 1.97 bits per heavy atom. The average Bonchev–Trinajstić information content (AvgIpc) is 3.21. The molecule has 0 spiro atoms. The number of esters is 1. The molecule has 1 N–H and O–H groups in total. The quantitative estimate of drug-likeness (QED) is 0.170. The van der Waals surface area contributed by atoms with Crippen LogP contribution in [0.1, 0.15) is 37.9 Å². The number of nitro groups is 1. The Kier molecular flexibility index (Phi) is 9.00. The fourth-order valence-corrected chi connectivity index (χ4v) is 6.02. The molecular formula is C27H27N3O7S2. The molecule has 1 aliphatic rings. The number of carbonyl (C=O) groups is 1. The third kappa shape index (κ3) is 5.97. The molecule has 1 atom stereocenters. The van der Waals surface area contributed by atoms with Gasteiger partial charge in [0.2, 0.25) is 0 Å². The SMILES string of the molecule is CCOC(=O)C1=C(C)N=c2s/c(=C/c3ccc(SCCO)c([N+](=O)[O-])c3)c(=O)n2C1c1ccc(OCC)cc1. The summed E-state index contributed by atoms with van der Waals surface area (Å²) in [6.45, 7) is 5.86. The van der Waals surface area contributed by atoms with E-state index in [-0.39, 0.29) is 30.0 Å². The van der Waals surface area contributed by atoms with Gasteiger partial charge in [0.1, 0.15) is 5.75 Å². The lowest BCUT2D eigenvalue weighted by atomic mass is 9.96. The second kappa shape index (κ2) is 12.4. The monoisotopic (exact) mass is 569 g/mol. The third-order valence-corrected chi connectivity index (χ3v) is 7.88. The van der Waals surface area contributed by atoms with E-state index >= 15 is 0 Å². The minimum absolute atomic E-state index is 0.104. The van der Waals surface area contributed by atoms with Gasteiger partial charge in [-0.2, -0.15) is 0 Å². The van der Waals surface area contributed by atoms with E-state index in [0.29, 0.717) is 49.2 Å². The molecule has 10 nitrogen and oxygen atoms in total. The van der Waals surface area contributed by atoms with Crippen molar-refractivity contribution in [1.29, 1.82) is 0 Å². The number of aliphatic hydroxyl groups is 1. The Labute approximate surface area is 232 Å².